The van der Waals surface area contributed by atoms with Crippen LogP contribution < -0.4 is 11.1 Å². The monoisotopic (exact) mass is 242 g/mol. The molecule has 2 aromatic rings. The quantitative estimate of drug-likeness (QED) is 0.867. The molecule has 3 N–H and O–H groups in total. The van der Waals surface area contributed by atoms with E-state index >= 15 is 0 Å². The summed E-state index contributed by atoms with van der Waals surface area (Å²) >= 11 is 0. The van der Waals surface area contributed by atoms with Crippen LogP contribution in [0, 0.1) is 6.92 Å². The molecule has 1 aromatic carbocycles. The molecular weight excluding hydrogens is 224 g/mol. The van der Waals surface area contributed by atoms with E-state index in [1.54, 1.807) is 6.07 Å². The van der Waals surface area contributed by atoms with Crippen LogP contribution in [0.3, 0.4) is 0 Å². The molecule has 18 heavy (non-hydrogen) atoms. The third-order valence-corrected chi connectivity index (χ3v) is 2.87. The second-order valence-electron chi connectivity index (χ2n) is 4.66. The van der Waals surface area contributed by atoms with E-state index in [2.05, 4.69) is 54.5 Å². The minimum Gasteiger partial charge on any atom is -0.382 e. The van der Waals surface area contributed by atoms with E-state index < -0.39 is 0 Å². The number of hydrogen-bond acceptors (Lipinski definition) is 4. The maximum absolute atomic E-state index is 5.53. The normalized spacial score (nSPS) is 10.7. The molecule has 1 heterocycles. The van der Waals surface area contributed by atoms with Gasteiger partial charge in [0.05, 0.1) is 0 Å². The van der Waals surface area contributed by atoms with Gasteiger partial charge in [0, 0.05) is 5.69 Å². The average Bonchev–Trinajstić information content (AvgIpc) is 2.34. The summed E-state index contributed by atoms with van der Waals surface area (Å²) in [4.78, 5) is 0. The molecule has 0 aliphatic heterocycles. The lowest BCUT2D eigenvalue weighted by molar-refractivity contribution is 0.866. The summed E-state index contributed by atoms with van der Waals surface area (Å²) in [5.41, 5.74) is 9.10. The Hall–Kier alpha value is -2.10. The number of hydrogen-bond donors (Lipinski definition) is 2. The molecule has 0 amide bonds. The number of nitrogens with one attached hydrogen (secondary N) is 1. The van der Waals surface area contributed by atoms with E-state index in [0.29, 0.717) is 17.6 Å². The lowest BCUT2D eigenvalue weighted by Gasteiger charge is -2.16. The highest BCUT2D eigenvalue weighted by molar-refractivity contribution is 5.65. The van der Waals surface area contributed by atoms with Crippen molar-refractivity contribution in [2.75, 3.05) is 11.1 Å². The van der Waals surface area contributed by atoms with E-state index in [4.69, 9.17) is 5.73 Å². The first kappa shape index (κ1) is 12.4. The molecular formula is C14H18N4. The van der Waals surface area contributed by atoms with Crippen LogP contribution in [-0.2, 0) is 0 Å². The van der Waals surface area contributed by atoms with Gasteiger partial charge in [0.1, 0.15) is 5.82 Å². The van der Waals surface area contributed by atoms with Gasteiger partial charge in [-0.1, -0.05) is 32.0 Å². The fourth-order valence-corrected chi connectivity index (χ4v) is 1.88. The van der Waals surface area contributed by atoms with E-state index in [1.807, 2.05) is 6.07 Å². The number of rotatable bonds is 3. The average molecular weight is 242 g/mol. The first-order valence-corrected chi connectivity index (χ1v) is 6.03. The fourth-order valence-electron chi connectivity index (χ4n) is 1.88. The lowest BCUT2D eigenvalue weighted by atomic mass is 9.98. The van der Waals surface area contributed by atoms with Gasteiger partial charge in [-0.25, -0.2) is 0 Å². The molecule has 94 valence electrons. The summed E-state index contributed by atoms with van der Waals surface area (Å²) in [6, 6.07) is 9.86. The van der Waals surface area contributed by atoms with E-state index in [1.165, 1.54) is 11.1 Å². The molecule has 0 fully saturated rings. The molecule has 0 bridgehead atoms. The van der Waals surface area contributed by atoms with Gasteiger partial charge < -0.3 is 11.1 Å². The number of aryl methyl sites for hydroxylation is 1. The SMILES string of the molecule is Cc1cccc(C(C)C)c1Nc1ccc(N)nn1. The number of nitrogen functional groups attached to an aromatic ring is 1. The predicted molar refractivity (Wildman–Crippen MR) is 75.0 cm³/mol. The Bertz CT molecular complexity index is 532. The zero-order valence-corrected chi connectivity index (χ0v) is 10.9. The summed E-state index contributed by atoms with van der Waals surface area (Å²) in [7, 11) is 0. The Morgan fingerprint density at radius 2 is 1.89 bits per heavy atom. The van der Waals surface area contributed by atoms with Gasteiger partial charge in [-0.3, -0.25) is 0 Å². The smallest absolute Gasteiger partial charge is 0.153 e. The molecule has 0 aliphatic rings. The molecule has 0 radical (unpaired) electrons. The van der Waals surface area contributed by atoms with Gasteiger partial charge in [-0.2, -0.15) is 0 Å². The number of para-hydroxylation sites is 1. The van der Waals surface area contributed by atoms with Gasteiger partial charge in [0.2, 0.25) is 0 Å². The largest absolute Gasteiger partial charge is 0.382 e. The van der Waals surface area contributed by atoms with Crippen molar-refractivity contribution in [3.8, 4) is 0 Å². The Morgan fingerprint density at radius 1 is 1.11 bits per heavy atom. The van der Waals surface area contributed by atoms with Crippen molar-refractivity contribution in [3.05, 3.63) is 41.5 Å². The molecule has 0 atom stereocenters. The third-order valence-electron chi connectivity index (χ3n) is 2.87. The van der Waals surface area contributed by atoms with Crippen LogP contribution in [-0.4, -0.2) is 10.2 Å². The highest BCUT2D eigenvalue weighted by Crippen LogP contribution is 2.29. The zero-order valence-electron chi connectivity index (χ0n) is 10.9. The van der Waals surface area contributed by atoms with Crippen molar-refractivity contribution < 1.29 is 0 Å². The molecule has 0 spiro atoms. The highest BCUT2D eigenvalue weighted by Gasteiger charge is 2.09. The summed E-state index contributed by atoms with van der Waals surface area (Å²) in [5.74, 6) is 1.59. The summed E-state index contributed by atoms with van der Waals surface area (Å²) in [6.45, 7) is 6.43. The number of anilines is 3. The number of nitrogens with zero attached hydrogens (tertiary/aromatic N) is 2. The van der Waals surface area contributed by atoms with Crippen LogP contribution >= 0.6 is 0 Å². The first-order valence-electron chi connectivity index (χ1n) is 6.03. The minimum absolute atomic E-state index is 0.425. The van der Waals surface area contributed by atoms with Crippen molar-refractivity contribution in [3.63, 3.8) is 0 Å². The molecule has 0 aliphatic carbocycles. The standard InChI is InChI=1S/C14H18N4/c1-9(2)11-6-4-5-10(3)14(11)16-13-8-7-12(15)17-18-13/h4-9H,1-3H3,(H2,15,17)(H,16,18). The molecule has 0 saturated carbocycles. The Morgan fingerprint density at radius 3 is 2.50 bits per heavy atom. The fraction of sp³-hybridized carbons (Fsp3) is 0.286. The Kier molecular flexibility index (Phi) is 3.46. The first-order chi connectivity index (χ1) is 8.58. The maximum Gasteiger partial charge on any atom is 0.153 e. The molecule has 2 rings (SSSR count). The molecule has 4 heteroatoms. The third kappa shape index (κ3) is 2.59. The number of aromatic nitrogens is 2. The van der Waals surface area contributed by atoms with E-state index in [-0.39, 0.29) is 0 Å². The number of benzene rings is 1. The minimum atomic E-state index is 0.425. The van der Waals surface area contributed by atoms with Gasteiger partial charge in [0.25, 0.3) is 0 Å². The molecule has 0 unspecified atom stereocenters. The van der Waals surface area contributed by atoms with Crippen LogP contribution in [0.25, 0.3) is 0 Å². The van der Waals surface area contributed by atoms with Crippen LogP contribution in [0.1, 0.15) is 30.9 Å². The van der Waals surface area contributed by atoms with Crippen LogP contribution in [0.2, 0.25) is 0 Å². The van der Waals surface area contributed by atoms with Crippen molar-refractivity contribution in [2.24, 2.45) is 0 Å². The summed E-state index contributed by atoms with van der Waals surface area (Å²) < 4.78 is 0. The van der Waals surface area contributed by atoms with Gasteiger partial charge in [-0.05, 0) is 36.1 Å². The van der Waals surface area contributed by atoms with Crippen molar-refractivity contribution >= 4 is 17.3 Å². The maximum atomic E-state index is 5.53. The predicted octanol–water partition coefficient (Wildman–Crippen LogP) is 3.23. The van der Waals surface area contributed by atoms with E-state index in [0.717, 1.165) is 5.69 Å². The highest BCUT2D eigenvalue weighted by atomic mass is 15.2. The number of nitrogens with two attached hydrogens (primary N) is 1. The second-order valence-corrected chi connectivity index (χ2v) is 4.66. The van der Waals surface area contributed by atoms with Gasteiger partial charge in [0.15, 0.2) is 5.82 Å². The second kappa shape index (κ2) is 5.04. The molecule has 0 saturated heterocycles. The lowest BCUT2D eigenvalue weighted by Crippen LogP contribution is -2.03. The molecule has 4 nitrogen and oxygen atoms in total. The van der Waals surface area contributed by atoms with Gasteiger partial charge >= 0.3 is 0 Å². The summed E-state index contributed by atoms with van der Waals surface area (Å²) in [6.07, 6.45) is 0. The van der Waals surface area contributed by atoms with E-state index in [9.17, 15) is 0 Å². The Labute approximate surface area is 107 Å². The zero-order chi connectivity index (χ0) is 13.1. The van der Waals surface area contributed by atoms with Crippen LogP contribution in [0.4, 0.5) is 17.3 Å². The topological polar surface area (TPSA) is 63.8 Å². The Balaban J connectivity index is 2.36. The van der Waals surface area contributed by atoms with Crippen molar-refractivity contribution in [2.45, 2.75) is 26.7 Å². The van der Waals surface area contributed by atoms with Crippen LogP contribution in [0.5, 0.6) is 0 Å². The van der Waals surface area contributed by atoms with Crippen molar-refractivity contribution in [1.82, 2.24) is 10.2 Å². The van der Waals surface area contributed by atoms with Gasteiger partial charge in [-0.15, -0.1) is 10.2 Å². The van der Waals surface area contributed by atoms with Crippen LogP contribution in [0.15, 0.2) is 30.3 Å². The summed E-state index contributed by atoms with van der Waals surface area (Å²) in [5, 5.41) is 11.2. The molecule has 1 aromatic heterocycles. The van der Waals surface area contributed by atoms with Crippen molar-refractivity contribution in [1.29, 1.82) is 0 Å².